The average molecular weight is 316 g/mol. The SMILES string of the molecule is CN(C)S(=O)(=O)c1ccc(CNC2CCOC(C)(C)C2)o1. The molecule has 120 valence electrons. The highest BCUT2D eigenvalue weighted by Crippen LogP contribution is 2.24. The number of nitrogens with one attached hydrogen (secondary N) is 1. The van der Waals surface area contributed by atoms with Crippen LogP contribution in [0.5, 0.6) is 0 Å². The summed E-state index contributed by atoms with van der Waals surface area (Å²) in [5.41, 5.74) is -0.113. The first-order valence-corrected chi connectivity index (χ1v) is 8.53. The standard InChI is InChI=1S/C14H24N2O4S/c1-14(2)9-11(7-8-19-14)15-10-12-5-6-13(20-12)21(17,18)16(3)4/h5-6,11,15H,7-10H2,1-4H3. The molecule has 0 radical (unpaired) electrons. The molecule has 1 aliphatic rings. The molecule has 0 bridgehead atoms. The van der Waals surface area contributed by atoms with Crippen molar-refractivity contribution in [2.75, 3.05) is 20.7 Å². The summed E-state index contributed by atoms with van der Waals surface area (Å²) in [5.74, 6) is 0.625. The number of rotatable bonds is 5. The molecule has 6 nitrogen and oxygen atoms in total. The van der Waals surface area contributed by atoms with E-state index in [0.717, 1.165) is 23.8 Å². The monoisotopic (exact) mass is 316 g/mol. The molecule has 1 aliphatic heterocycles. The summed E-state index contributed by atoms with van der Waals surface area (Å²) in [4.78, 5) is 0. The van der Waals surface area contributed by atoms with E-state index in [-0.39, 0.29) is 10.7 Å². The minimum absolute atomic E-state index is 0.0170. The van der Waals surface area contributed by atoms with E-state index in [1.165, 1.54) is 20.2 Å². The van der Waals surface area contributed by atoms with Gasteiger partial charge in [-0.1, -0.05) is 0 Å². The summed E-state index contributed by atoms with van der Waals surface area (Å²) < 4.78 is 36.1. The predicted molar refractivity (Wildman–Crippen MR) is 79.5 cm³/mol. The van der Waals surface area contributed by atoms with Gasteiger partial charge in [0.2, 0.25) is 5.09 Å². The van der Waals surface area contributed by atoms with Crippen LogP contribution >= 0.6 is 0 Å². The molecule has 1 saturated heterocycles. The summed E-state index contributed by atoms with van der Waals surface area (Å²) in [6.45, 7) is 5.41. The lowest BCUT2D eigenvalue weighted by atomic mass is 9.94. The number of ether oxygens (including phenoxy) is 1. The zero-order valence-corrected chi connectivity index (χ0v) is 13.9. The second-order valence-corrected chi connectivity index (χ2v) is 8.27. The molecule has 7 heteroatoms. The molecule has 0 spiro atoms. The lowest BCUT2D eigenvalue weighted by Crippen LogP contribution is -2.43. The molecule has 1 unspecified atom stereocenters. The van der Waals surface area contributed by atoms with Crippen LogP contribution in [0.15, 0.2) is 21.6 Å². The van der Waals surface area contributed by atoms with Gasteiger partial charge in [0.1, 0.15) is 5.76 Å². The lowest BCUT2D eigenvalue weighted by molar-refractivity contribution is -0.0632. The van der Waals surface area contributed by atoms with Gasteiger partial charge in [0.05, 0.1) is 12.1 Å². The highest BCUT2D eigenvalue weighted by atomic mass is 32.2. The molecule has 1 N–H and O–H groups in total. The maximum Gasteiger partial charge on any atom is 0.275 e. The first-order chi connectivity index (χ1) is 9.71. The number of hydrogen-bond acceptors (Lipinski definition) is 5. The Labute approximate surface area is 126 Å². The molecule has 2 rings (SSSR count). The van der Waals surface area contributed by atoms with Crippen LogP contribution in [0.25, 0.3) is 0 Å². The molecule has 0 saturated carbocycles. The molecule has 1 aromatic heterocycles. The summed E-state index contributed by atoms with van der Waals surface area (Å²) in [5, 5.41) is 3.39. The highest BCUT2D eigenvalue weighted by Gasteiger charge is 2.28. The van der Waals surface area contributed by atoms with Gasteiger partial charge in [-0.2, -0.15) is 0 Å². The van der Waals surface area contributed by atoms with Crippen LogP contribution in [0.3, 0.4) is 0 Å². The fourth-order valence-electron chi connectivity index (χ4n) is 2.42. The summed E-state index contributed by atoms with van der Waals surface area (Å²) in [6.07, 6.45) is 1.88. The van der Waals surface area contributed by atoms with Crippen LogP contribution in [0.2, 0.25) is 0 Å². The van der Waals surface area contributed by atoms with E-state index in [1.54, 1.807) is 6.07 Å². The molecule has 1 atom stereocenters. The van der Waals surface area contributed by atoms with Gasteiger partial charge in [-0.3, -0.25) is 0 Å². The largest absolute Gasteiger partial charge is 0.447 e. The van der Waals surface area contributed by atoms with E-state index in [0.29, 0.717) is 18.3 Å². The Morgan fingerprint density at radius 1 is 1.38 bits per heavy atom. The Bertz CT molecular complexity index is 578. The van der Waals surface area contributed by atoms with Crippen LogP contribution < -0.4 is 5.32 Å². The second kappa shape index (κ2) is 6.08. The third-order valence-corrected chi connectivity index (χ3v) is 5.32. The third-order valence-electron chi connectivity index (χ3n) is 3.63. The molecule has 0 aliphatic carbocycles. The van der Waals surface area contributed by atoms with Crippen LogP contribution in [0.1, 0.15) is 32.4 Å². The Kier molecular flexibility index (Phi) is 4.77. The van der Waals surface area contributed by atoms with Crippen molar-refractivity contribution in [1.82, 2.24) is 9.62 Å². The van der Waals surface area contributed by atoms with Crippen molar-refractivity contribution >= 4 is 10.0 Å². The molecule has 1 fully saturated rings. The molecular weight excluding hydrogens is 292 g/mol. The smallest absolute Gasteiger partial charge is 0.275 e. The molecule has 1 aromatic rings. The third kappa shape index (κ3) is 4.06. The van der Waals surface area contributed by atoms with Gasteiger partial charge >= 0.3 is 0 Å². The maximum absolute atomic E-state index is 11.9. The van der Waals surface area contributed by atoms with E-state index in [9.17, 15) is 8.42 Å². The molecule has 21 heavy (non-hydrogen) atoms. The van der Waals surface area contributed by atoms with Gasteiger partial charge in [0.15, 0.2) is 0 Å². The zero-order valence-electron chi connectivity index (χ0n) is 13.0. The average Bonchev–Trinajstić information content (AvgIpc) is 2.84. The van der Waals surface area contributed by atoms with E-state index < -0.39 is 10.0 Å². The predicted octanol–water partition coefficient (Wildman–Crippen LogP) is 1.58. The topological polar surface area (TPSA) is 71.8 Å². The van der Waals surface area contributed by atoms with Crippen molar-refractivity contribution in [1.29, 1.82) is 0 Å². The van der Waals surface area contributed by atoms with Gasteiger partial charge in [-0.05, 0) is 38.8 Å². The summed E-state index contributed by atoms with van der Waals surface area (Å²) >= 11 is 0. The minimum Gasteiger partial charge on any atom is -0.447 e. The van der Waals surface area contributed by atoms with Crippen molar-refractivity contribution in [3.05, 3.63) is 17.9 Å². The molecular formula is C14H24N2O4S. The number of hydrogen-bond donors (Lipinski definition) is 1. The Morgan fingerprint density at radius 3 is 2.71 bits per heavy atom. The quantitative estimate of drug-likeness (QED) is 0.893. The van der Waals surface area contributed by atoms with E-state index >= 15 is 0 Å². The second-order valence-electron chi connectivity index (χ2n) is 6.19. The first kappa shape index (κ1) is 16.5. The van der Waals surface area contributed by atoms with Gasteiger partial charge in [0.25, 0.3) is 10.0 Å². The summed E-state index contributed by atoms with van der Waals surface area (Å²) in [7, 11) is -0.527. The van der Waals surface area contributed by atoms with E-state index in [2.05, 4.69) is 19.2 Å². The van der Waals surface area contributed by atoms with E-state index in [4.69, 9.17) is 9.15 Å². The summed E-state index contributed by atoms with van der Waals surface area (Å²) in [6, 6.07) is 3.56. The normalized spacial score (nSPS) is 22.6. The van der Waals surface area contributed by atoms with Crippen molar-refractivity contribution in [3.63, 3.8) is 0 Å². The van der Waals surface area contributed by atoms with Crippen LogP contribution in [0.4, 0.5) is 0 Å². The van der Waals surface area contributed by atoms with Crippen molar-refractivity contribution in [3.8, 4) is 0 Å². The number of nitrogens with zero attached hydrogens (tertiary/aromatic N) is 1. The molecule has 0 amide bonds. The van der Waals surface area contributed by atoms with Crippen molar-refractivity contribution in [2.24, 2.45) is 0 Å². The fraction of sp³-hybridized carbons (Fsp3) is 0.714. The maximum atomic E-state index is 11.9. The van der Waals surface area contributed by atoms with Crippen LogP contribution in [-0.4, -0.2) is 45.1 Å². The van der Waals surface area contributed by atoms with Gasteiger partial charge in [-0.15, -0.1) is 0 Å². The van der Waals surface area contributed by atoms with Crippen LogP contribution in [-0.2, 0) is 21.3 Å². The lowest BCUT2D eigenvalue weighted by Gasteiger charge is -2.35. The van der Waals surface area contributed by atoms with E-state index in [1.807, 2.05) is 0 Å². The molecule has 2 heterocycles. The minimum atomic E-state index is -3.50. The van der Waals surface area contributed by atoms with Gasteiger partial charge in [-0.25, -0.2) is 12.7 Å². The van der Waals surface area contributed by atoms with Crippen molar-refractivity contribution < 1.29 is 17.6 Å². The Balaban J connectivity index is 1.95. The van der Waals surface area contributed by atoms with Crippen LogP contribution in [0, 0.1) is 0 Å². The Hall–Kier alpha value is -0.890. The van der Waals surface area contributed by atoms with Gasteiger partial charge < -0.3 is 14.5 Å². The van der Waals surface area contributed by atoms with Crippen molar-refractivity contribution in [2.45, 2.75) is 50.0 Å². The number of furan rings is 1. The fourth-order valence-corrected chi connectivity index (χ4v) is 3.24. The Morgan fingerprint density at radius 2 is 2.10 bits per heavy atom. The molecule has 0 aromatic carbocycles. The first-order valence-electron chi connectivity index (χ1n) is 7.09. The number of sulfonamides is 1. The highest BCUT2D eigenvalue weighted by molar-refractivity contribution is 7.88. The zero-order chi connectivity index (χ0) is 15.7. The van der Waals surface area contributed by atoms with Gasteiger partial charge in [0, 0.05) is 26.7 Å².